The van der Waals surface area contributed by atoms with Crippen molar-refractivity contribution in [3.05, 3.63) is 0 Å². The number of rotatable bonds is 2. The number of carbonyl (C=O) groups excluding carboxylic acids is 1. The van der Waals surface area contributed by atoms with Crippen molar-refractivity contribution < 1.29 is 4.79 Å². The number of terminal acetylenes is 1. The van der Waals surface area contributed by atoms with Gasteiger partial charge in [-0.2, -0.15) is 0 Å². The number of unbranched alkanes of at least 4 members (excludes halogenated alkanes) is 1. The Hall–Kier alpha value is -1.41. The predicted octanol–water partition coefficient (Wildman–Crippen LogP) is 0.279. The van der Waals surface area contributed by atoms with E-state index in [1.807, 2.05) is 0 Å². The molecular formula is C8H9NO. The minimum absolute atomic E-state index is 0.130. The maximum Gasteiger partial charge on any atom is 0.229 e. The summed E-state index contributed by atoms with van der Waals surface area (Å²) in [6, 6.07) is 0. The molecule has 0 aromatic rings. The summed E-state index contributed by atoms with van der Waals surface area (Å²) < 4.78 is 0. The Kier molecular flexibility index (Phi) is 4.91. The Labute approximate surface area is 60.8 Å². The van der Waals surface area contributed by atoms with Crippen molar-refractivity contribution in [2.24, 2.45) is 5.73 Å². The van der Waals surface area contributed by atoms with Crippen LogP contribution in [0.25, 0.3) is 0 Å². The second kappa shape index (κ2) is 5.72. The van der Waals surface area contributed by atoms with Gasteiger partial charge in [0.2, 0.25) is 5.91 Å². The Morgan fingerprint density at radius 2 is 2.10 bits per heavy atom. The van der Waals surface area contributed by atoms with E-state index in [2.05, 4.69) is 17.8 Å². The second-order valence-corrected chi connectivity index (χ2v) is 1.70. The van der Waals surface area contributed by atoms with Gasteiger partial charge in [0.25, 0.3) is 0 Å². The maximum atomic E-state index is 10.1. The van der Waals surface area contributed by atoms with Gasteiger partial charge in [-0.15, -0.1) is 18.3 Å². The van der Waals surface area contributed by atoms with Gasteiger partial charge in [0.15, 0.2) is 0 Å². The third-order valence-electron chi connectivity index (χ3n) is 0.782. The molecule has 0 atom stereocenters. The van der Waals surface area contributed by atoms with E-state index < -0.39 is 5.91 Å². The lowest BCUT2D eigenvalue weighted by Gasteiger charge is -1.79. The molecule has 0 radical (unpaired) electrons. The van der Waals surface area contributed by atoms with E-state index >= 15 is 0 Å². The Morgan fingerprint density at radius 1 is 1.40 bits per heavy atom. The Morgan fingerprint density at radius 3 is 2.60 bits per heavy atom. The summed E-state index contributed by atoms with van der Waals surface area (Å²) in [4.78, 5) is 10.1. The summed E-state index contributed by atoms with van der Waals surface area (Å²) in [5.41, 5.74) is 4.83. The standard InChI is InChI=1S/C8H9NO/c1-2-3-4-5-6-7-8(9)10/h1H,3-4,7H2,(H2,9,10). The number of hydrogen-bond acceptors (Lipinski definition) is 1. The average molecular weight is 135 g/mol. The molecule has 2 N–H and O–H groups in total. The zero-order valence-corrected chi connectivity index (χ0v) is 5.68. The van der Waals surface area contributed by atoms with Gasteiger partial charge >= 0.3 is 0 Å². The van der Waals surface area contributed by atoms with Crippen LogP contribution < -0.4 is 5.73 Å². The van der Waals surface area contributed by atoms with E-state index in [-0.39, 0.29) is 6.42 Å². The van der Waals surface area contributed by atoms with Crippen LogP contribution in [0.5, 0.6) is 0 Å². The van der Waals surface area contributed by atoms with Gasteiger partial charge in [0, 0.05) is 12.8 Å². The highest BCUT2D eigenvalue weighted by molar-refractivity contribution is 5.76. The van der Waals surface area contributed by atoms with E-state index in [9.17, 15) is 4.79 Å². The summed E-state index contributed by atoms with van der Waals surface area (Å²) >= 11 is 0. The highest BCUT2D eigenvalue weighted by Gasteiger charge is 1.83. The van der Waals surface area contributed by atoms with Crippen molar-refractivity contribution in [3.8, 4) is 24.2 Å². The van der Waals surface area contributed by atoms with Crippen LogP contribution >= 0.6 is 0 Å². The van der Waals surface area contributed by atoms with Crippen LogP contribution in [0, 0.1) is 24.2 Å². The van der Waals surface area contributed by atoms with E-state index in [0.717, 1.165) is 0 Å². The van der Waals surface area contributed by atoms with E-state index in [1.54, 1.807) is 0 Å². The quantitative estimate of drug-likeness (QED) is 0.429. The third kappa shape index (κ3) is 6.59. The largest absolute Gasteiger partial charge is 0.369 e. The Balaban J connectivity index is 3.34. The molecule has 0 bridgehead atoms. The molecule has 1 amide bonds. The molecular weight excluding hydrogens is 126 g/mol. The maximum absolute atomic E-state index is 10.1. The van der Waals surface area contributed by atoms with Gasteiger partial charge in [0.05, 0.1) is 6.42 Å². The monoisotopic (exact) mass is 135 g/mol. The molecule has 0 fully saturated rings. The molecule has 0 aliphatic rings. The zero-order chi connectivity index (χ0) is 7.82. The fraction of sp³-hybridized carbons (Fsp3) is 0.375. The molecule has 2 nitrogen and oxygen atoms in total. The molecule has 10 heavy (non-hydrogen) atoms. The van der Waals surface area contributed by atoms with Gasteiger partial charge in [0.1, 0.15) is 0 Å². The normalized spacial score (nSPS) is 7.10. The number of amides is 1. The SMILES string of the molecule is C#CCCC#CCC(N)=O. The van der Waals surface area contributed by atoms with E-state index in [4.69, 9.17) is 12.2 Å². The lowest BCUT2D eigenvalue weighted by molar-refractivity contribution is -0.117. The summed E-state index contributed by atoms with van der Waals surface area (Å²) in [5, 5.41) is 0. The van der Waals surface area contributed by atoms with Crippen molar-refractivity contribution >= 4 is 5.91 Å². The predicted molar refractivity (Wildman–Crippen MR) is 39.7 cm³/mol. The molecule has 0 unspecified atom stereocenters. The smallest absolute Gasteiger partial charge is 0.229 e. The first-order valence-corrected chi connectivity index (χ1v) is 2.95. The number of nitrogens with two attached hydrogens (primary N) is 1. The van der Waals surface area contributed by atoms with Gasteiger partial charge in [-0.3, -0.25) is 4.79 Å². The highest BCUT2D eigenvalue weighted by Crippen LogP contribution is 1.82. The van der Waals surface area contributed by atoms with Crippen LogP contribution in [-0.4, -0.2) is 5.91 Å². The van der Waals surface area contributed by atoms with E-state index in [1.165, 1.54) is 0 Å². The molecule has 0 spiro atoms. The first-order valence-electron chi connectivity index (χ1n) is 2.95. The molecule has 52 valence electrons. The molecule has 0 aromatic carbocycles. The second-order valence-electron chi connectivity index (χ2n) is 1.70. The third-order valence-corrected chi connectivity index (χ3v) is 0.782. The molecule has 0 aromatic heterocycles. The van der Waals surface area contributed by atoms with Crippen LogP contribution in [0.1, 0.15) is 19.3 Å². The molecule has 0 heterocycles. The van der Waals surface area contributed by atoms with Gasteiger partial charge in [-0.05, 0) is 0 Å². The molecule has 0 saturated heterocycles. The topological polar surface area (TPSA) is 43.1 Å². The van der Waals surface area contributed by atoms with Gasteiger partial charge < -0.3 is 5.73 Å². The fourth-order valence-electron chi connectivity index (χ4n) is 0.373. The van der Waals surface area contributed by atoms with Crippen LogP contribution in [0.4, 0.5) is 0 Å². The number of primary amides is 1. The van der Waals surface area contributed by atoms with Crippen molar-refractivity contribution in [2.75, 3.05) is 0 Å². The van der Waals surface area contributed by atoms with Crippen LogP contribution in [0.3, 0.4) is 0 Å². The summed E-state index contributed by atoms with van der Waals surface area (Å²) in [5.74, 6) is 7.37. The summed E-state index contributed by atoms with van der Waals surface area (Å²) in [6.45, 7) is 0. The molecule has 0 aliphatic heterocycles. The van der Waals surface area contributed by atoms with Gasteiger partial charge in [-0.1, -0.05) is 5.92 Å². The molecule has 0 saturated carbocycles. The van der Waals surface area contributed by atoms with Crippen molar-refractivity contribution in [2.45, 2.75) is 19.3 Å². The molecule has 0 rings (SSSR count). The molecule has 2 heteroatoms. The summed E-state index contributed by atoms with van der Waals surface area (Å²) in [6.07, 6.45) is 6.36. The van der Waals surface area contributed by atoms with Crippen LogP contribution in [-0.2, 0) is 4.79 Å². The summed E-state index contributed by atoms with van der Waals surface area (Å²) in [7, 11) is 0. The first-order chi connectivity index (χ1) is 4.77. The van der Waals surface area contributed by atoms with Crippen LogP contribution in [0.2, 0.25) is 0 Å². The lowest BCUT2D eigenvalue weighted by atomic mass is 10.3. The van der Waals surface area contributed by atoms with Crippen LogP contribution in [0.15, 0.2) is 0 Å². The fourth-order valence-corrected chi connectivity index (χ4v) is 0.373. The Bertz CT molecular complexity index is 202. The van der Waals surface area contributed by atoms with Crippen molar-refractivity contribution in [3.63, 3.8) is 0 Å². The number of hydrogen-bond donors (Lipinski definition) is 1. The highest BCUT2D eigenvalue weighted by atomic mass is 16.1. The minimum Gasteiger partial charge on any atom is -0.369 e. The van der Waals surface area contributed by atoms with Gasteiger partial charge in [-0.25, -0.2) is 0 Å². The lowest BCUT2D eigenvalue weighted by Crippen LogP contribution is -2.08. The number of carbonyl (C=O) groups is 1. The molecule has 0 aliphatic carbocycles. The minimum atomic E-state index is -0.395. The van der Waals surface area contributed by atoms with Crippen molar-refractivity contribution in [1.29, 1.82) is 0 Å². The average Bonchev–Trinajstić information content (AvgIpc) is 1.87. The first kappa shape index (κ1) is 8.59. The van der Waals surface area contributed by atoms with Crippen molar-refractivity contribution in [1.82, 2.24) is 0 Å². The zero-order valence-electron chi connectivity index (χ0n) is 5.68. The van der Waals surface area contributed by atoms with E-state index in [0.29, 0.717) is 12.8 Å².